The molecular weight excluding hydrogens is 659 g/mol. The Morgan fingerprint density at radius 2 is 1.65 bits per heavy atom. The molecule has 246 valence electrons. The quantitative estimate of drug-likeness (QED) is 0.0925. The summed E-state index contributed by atoms with van der Waals surface area (Å²) in [7, 11) is -16.9. The average molecular weight is 687 g/mol. The lowest BCUT2D eigenvalue weighted by molar-refractivity contribution is -0.245. The molecular formula is C17H28N3O20P3. The number of nitrogens with zero attached hydrogens (tertiary/aromatic N) is 1. The van der Waals surface area contributed by atoms with Gasteiger partial charge in [-0.15, -0.1) is 0 Å². The number of amides is 1. The van der Waals surface area contributed by atoms with Crippen LogP contribution < -0.4 is 16.6 Å². The van der Waals surface area contributed by atoms with Gasteiger partial charge < -0.3 is 54.8 Å². The second-order valence-electron chi connectivity index (χ2n) is 8.99. The van der Waals surface area contributed by atoms with Crippen LogP contribution in [-0.4, -0.2) is 118 Å². The Bertz CT molecular complexity index is 1410. The number of aliphatic hydroxyl groups excluding tert-OH is 4. The number of rotatable bonds is 12. The zero-order chi connectivity index (χ0) is 32.5. The number of carbonyl (C=O) groups excluding carboxylic acids is 1. The zero-order valence-corrected chi connectivity index (χ0v) is 24.2. The van der Waals surface area contributed by atoms with E-state index in [1.807, 2.05) is 10.3 Å². The van der Waals surface area contributed by atoms with Gasteiger partial charge in [0.2, 0.25) is 5.91 Å². The maximum Gasteiger partial charge on any atom is 0.483 e. The van der Waals surface area contributed by atoms with Crippen LogP contribution in [0.25, 0.3) is 0 Å². The van der Waals surface area contributed by atoms with E-state index in [0.717, 1.165) is 19.2 Å². The summed E-state index contributed by atoms with van der Waals surface area (Å²) >= 11 is 0. The molecule has 1 aromatic rings. The van der Waals surface area contributed by atoms with Crippen molar-refractivity contribution in [3.8, 4) is 0 Å². The lowest BCUT2D eigenvalue weighted by Gasteiger charge is -2.43. The standard InChI is InChI=1S/C17H28N3O20P3/c1-6(22)18-10-14(38-41(28,29)30)12(25)7(4-21)37-16(10)39-43(33,34)40-42(31,32)35-5-8-11(24)13(26)15(36-8)20-3-2-9(23)19-17(20)27/h2-3,7-8,10-16,21,24-26H,4-5H2,1H3,(H,18,22)(H,31,32)(H,33,34)(H,19,23,27)(H2,28,29,30)/t7-,8+,10-,11+,12-,13+,14-,15+,16-/m1/s1. The monoisotopic (exact) mass is 687 g/mol. The predicted molar refractivity (Wildman–Crippen MR) is 131 cm³/mol. The smallest absolute Gasteiger partial charge is 0.394 e. The van der Waals surface area contributed by atoms with Gasteiger partial charge in [0.05, 0.1) is 13.2 Å². The van der Waals surface area contributed by atoms with Crippen LogP contribution >= 0.6 is 23.5 Å². The van der Waals surface area contributed by atoms with Crippen molar-refractivity contribution in [3.05, 3.63) is 33.1 Å². The van der Waals surface area contributed by atoms with Crippen LogP contribution in [0, 0.1) is 0 Å². The van der Waals surface area contributed by atoms with E-state index in [4.69, 9.17) is 9.47 Å². The fourth-order valence-electron chi connectivity index (χ4n) is 4.03. The fraction of sp³-hybridized carbons (Fsp3) is 0.706. The molecule has 11 atom stereocenters. The molecule has 0 radical (unpaired) electrons. The molecule has 0 aliphatic carbocycles. The number of carbonyl (C=O) groups is 1. The molecule has 43 heavy (non-hydrogen) atoms. The number of ether oxygens (including phenoxy) is 2. The van der Waals surface area contributed by atoms with Gasteiger partial charge in [-0.3, -0.25) is 32.7 Å². The first-order chi connectivity index (χ1) is 19.7. The molecule has 1 amide bonds. The van der Waals surface area contributed by atoms with E-state index in [1.165, 1.54) is 0 Å². The highest BCUT2D eigenvalue weighted by Crippen LogP contribution is 2.61. The summed E-state index contributed by atoms with van der Waals surface area (Å²) in [6, 6.07) is -1.08. The first-order valence-corrected chi connectivity index (χ1v) is 16.2. The van der Waals surface area contributed by atoms with Gasteiger partial charge in [0.25, 0.3) is 5.56 Å². The van der Waals surface area contributed by atoms with Gasteiger partial charge in [-0.05, 0) is 0 Å². The van der Waals surface area contributed by atoms with Crippen molar-refractivity contribution in [1.29, 1.82) is 0 Å². The van der Waals surface area contributed by atoms with E-state index in [0.29, 0.717) is 4.57 Å². The van der Waals surface area contributed by atoms with Crippen molar-refractivity contribution in [3.63, 3.8) is 0 Å². The van der Waals surface area contributed by atoms with E-state index in [1.54, 1.807) is 0 Å². The Morgan fingerprint density at radius 3 is 2.21 bits per heavy atom. The zero-order valence-electron chi connectivity index (χ0n) is 21.5. The van der Waals surface area contributed by atoms with Gasteiger partial charge in [-0.25, -0.2) is 18.5 Å². The van der Waals surface area contributed by atoms with Gasteiger partial charge in [-0.2, -0.15) is 4.31 Å². The number of aromatic nitrogens is 2. The minimum Gasteiger partial charge on any atom is -0.394 e. The number of phosphoric acid groups is 3. The molecule has 2 aliphatic heterocycles. The summed E-state index contributed by atoms with van der Waals surface area (Å²) in [5, 5.41) is 42.2. The Kier molecular flexibility index (Phi) is 11.4. The van der Waals surface area contributed by atoms with E-state index < -0.39 is 109 Å². The highest BCUT2D eigenvalue weighted by molar-refractivity contribution is 7.61. The lowest BCUT2D eigenvalue weighted by Crippen LogP contribution is -2.64. The van der Waals surface area contributed by atoms with Crippen molar-refractivity contribution in [2.24, 2.45) is 0 Å². The van der Waals surface area contributed by atoms with Crippen molar-refractivity contribution in [2.45, 2.75) is 62.1 Å². The predicted octanol–water partition coefficient (Wildman–Crippen LogP) is -4.53. The molecule has 3 rings (SSSR count). The van der Waals surface area contributed by atoms with Crippen LogP contribution in [0.1, 0.15) is 13.2 Å². The molecule has 2 saturated heterocycles. The third kappa shape index (κ3) is 9.39. The Morgan fingerprint density at radius 1 is 1.00 bits per heavy atom. The largest absolute Gasteiger partial charge is 0.483 e. The van der Waals surface area contributed by atoms with Gasteiger partial charge >= 0.3 is 29.2 Å². The summed E-state index contributed by atoms with van der Waals surface area (Å²) in [4.78, 5) is 75.3. The molecule has 3 heterocycles. The third-order valence-electron chi connectivity index (χ3n) is 5.79. The number of aliphatic hydroxyl groups is 4. The molecule has 2 fully saturated rings. The number of nitrogens with one attached hydrogen (secondary N) is 2. The molecule has 10 N–H and O–H groups in total. The number of hydrogen-bond donors (Lipinski definition) is 10. The average Bonchev–Trinajstić information content (AvgIpc) is 3.13. The van der Waals surface area contributed by atoms with Gasteiger partial charge in [0, 0.05) is 19.2 Å². The van der Waals surface area contributed by atoms with Crippen LogP contribution in [0.2, 0.25) is 0 Å². The Balaban J connectivity index is 1.72. The van der Waals surface area contributed by atoms with Crippen LogP contribution in [-0.2, 0) is 45.8 Å². The van der Waals surface area contributed by atoms with E-state index in [-0.39, 0.29) is 0 Å². The second-order valence-corrected chi connectivity index (χ2v) is 13.2. The van der Waals surface area contributed by atoms with Crippen molar-refractivity contribution < 1.29 is 85.8 Å². The number of phosphoric ester groups is 3. The van der Waals surface area contributed by atoms with Gasteiger partial charge in [-0.1, -0.05) is 0 Å². The summed E-state index contributed by atoms with van der Waals surface area (Å²) in [5.74, 6) is -0.958. The van der Waals surface area contributed by atoms with Gasteiger partial charge in [0.1, 0.15) is 42.7 Å². The highest BCUT2D eigenvalue weighted by Gasteiger charge is 2.52. The van der Waals surface area contributed by atoms with Crippen molar-refractivity contribution >= 4 is 29.4 Å². The molecule has 0 saturated carbocycles. The van der Waals surface area contributed by atoms with E-state index in [9.17, 15) is 68.1 Å². The number of H-pyrrole nitrogens is 1. The maximum absolute atomic E-state index is 12.6. The fourth-order valence-corrected chi connectivity index (χ4v) is 6.76. The first-order valence-electron chi connectivity index (χ1n) is 11.7. The van der Waals surface area contributed by atoms with Crippen LogP contribution in [0.4, 0.5) is 0 Å². The molecule has 0 bridgehead atoms. The van der Waals surface area contributed by atoms with Crippen LogP contribution in [0.5, 0.6) is 0 Å². The molecule has 26 heteroatoms. The van der Waals surface area contributed by atoms with Gasteiger partial charge in [0.15, 0.2) is 12.5 Å². The number of hydrogen-bond acceptors (Lipinski definition) is 16. The minimum absolute atomic E-state index is 0.690. The second kappa shape index (κ2) is 13.7. The van der Waals surface area contributed by atoms with Crippen LogP contribution in [0.15, 0.2) is 21.9 Å². The summed E-state index contributed by atoms with van der Waals surface area (Å²) in [6.07, 6.45) is -14.3. The SMILES string of the molecule is CC(=O)N[C@H]1[C@@H](OP(=O)(O)OP(=O)(O)OC[C@@H]2O[C@H](n3ccc(=O)[nH]c3=O)[C@@H](O)[C@H]2O)O[C@H](CO)[C@@H](O)[C@@H]1OP(=O)(O)O. The maximum atomic E-state index is 12.6. The summed E-state index contributed by atoms with van der Waals surface area (Å²) in [5.41, 5.74) is -1.81. The minimum atomic E-state index is -5.82. The third-order valence-corrected chi connectivity index (χ3v) is 8.91. The van der Waals surface area contributed by atoms with Crippen molar-refractivity contribution in [1.82, 2.24) is 14.9 Å². The molecule has 0 spiro atoms. The molecule has 0 aromatic carbocycles. The lowest BCUT2D eigenvalue weighted by atomic mass is 9.97. The molecule has 23 nitrogen and oxygen atoms in total. The highest BCUT2D eigenvalue weighted by atomic mass is 31.3. The van der Waals surface area contributed by atoms with Crippen LogP contribution in [0.3, 0.4) is 0 Å². The topological polar surface area (TPSA) is 352 Å². The molecule has 2 unspecified atom stereocenters. The number of aromatic amines is 1. The van der Waals surface area contributed by atoms with Crippen molar-refractivity contribution in [2.75, 3.05) is 13.2 Å². The first kappa shape index (κ1) is 35.8. The normalized spacial score (nSPS) is 34.3. The molecule has 1 aromatic heterocycles. The summed E-state index contributed by atoms with van der Waals surface area (Å²) < 4.78 is 65.3. The molecule has 2 aliphatic rings. The summed E-state index contributed by atoms with van der Waals surface area (Å²) in [6.45, 7) is -1.30. The van der Waals surface area contributed by atoms with E-state index in [2.05, 4.69) is 17.9 Å². The Hall–Kier alpha value is -1.72. The van der Waals surface area contributed by atoms with E-state index >= 15 is 0 Å². The Labute approximate surface area is 239 Å².